The molecule has 3 rings (SSSR count). The molecule has 9 heteroatoms. The molecule has 3 aromatic rings. The normalized spacial score (nSPS) is 12.2. The second-order valence-electron chi connectivity index (χ2n) is 6.33. The van der Waals surface area contributed by atoms with E-state index in [1.807, 2.05) is 29.0 Å². The van der Waals surface area contributed by atoms with Crippen molar-refractivity contribution in [2.24, 2.45) is 0 Å². The third-order valence-electron chi connectivity index (χ3n) is 4.02. The van der Waals surface area contributed by atoms with Crippen LogP contribution in [0.4, 0.5) is 13.2 Å². The van der Waals surface area contributed by atoms with Crippen molar-refractivity contribution in [1.29, 1.82) is 0 Å². The molecule has 0 aliphatic heterocycles. The highest BCUT2D eigenvalue weighted by molar-refractivity contribution is 7.88. The Hall–Kier alpha value is -2.65. The number of hydrogen-bond acceptors (Lipinski definition) is 3. The maximum atomic E-state index is 12.8. The molecule has 0 amide bonds. The highest BCUT2D eigenvalue weighted by Crippen LogP contribution is 2.29. The molecule has 28 heavy (non-hydrogen) atoms. The van der Waals surface area contributed by atoms with E-state index < -0.39 is 27.5 Å². The molecule has 1 aromatic heterocycles. The van der Waals surface area contributed by atoms with Crippen molar-refractivity contribution in [2.45, 2.75) is 25.0 Å². The van der Waals surface area contributed by atoms with Gasteiger partial charge < -0.3 is 4.57 Å². The largest absolute Gasteiger partial charge is 0.416 e. The van der Waals surface area contributed by atoms with Crippen LogP contribution >= 0.6 is 0 Å². The summed E-state index contributed by atoms with van der Waals surface area (Å²) in [5, 5.41) is 0. The number of nitrogens with zero attached hydrogens (tertiary/aromatic N) is 2. The van der Waals surface area contributed by atoms with Crippen molar-refractivity contribution in [3.8, 4) is 0 Å². The molecule has 0 aliphatic carbocycles. The van der Waals surface area contributed by atoms with Crippen LogP contribution in [0.1, 0.15) is 22.3 Å². The van der Waals surface area contributed by atoms with Gasteiger partial charge >= 0.3 is 6.18 Å². The van der Waals surface area contributed by atoms with Crippen molar-refractivity contribution >= 4 is 10.0 Å². The van der Waals surface area contributed by atoms with Crippen molar-refractivity contribution in [1.82, 2.24) is 14.3 Å². The molecular weight excluding hydrogens is 391 g/mol. The number of sulfonamides is 1. The summed E-state index contributed by atoms with van der Waals surface area (Å²) in [5.74, 6) is -0.522. The van der Waals surface area contributed by atoms with E-state index in [2.05, 4.69) is 9.71 Å². The zero-order valence-electron chi connectivity index (χ0n) is 14.7. The molecule has 0 bridgehead atoms. The first kappa shape index (κ1) is 20.1. The Bertz CT molecular complexity index is 1030. The molecule has 1 heterocycles. The average molecular weight is 409 g/mol. The van der Waals surface area contributed by atoms with Crippen LogP contribution < -0.4 is 4.72 Å². The number of hydrogen-bond donors (Lipinski definition) is 1. The van der Waals surface area contributed by atoms with E-state index >= 15 is 0 Å². The Kier molecular flexibility index (Phi) is 5.85. The van der Waals surface area contributed by atoms with Gasteiger partial charge in [-0.15, -0.1) is 0 Å². The van der Waals surface area contributed by atoms with Crippen molar-refractivity contribution < 1.29 is 21.6 Å². The molecule has 0 radical (unpaired) electrons. The van der Waals surface area contributed by atoms with Crippen molar-refractivity contribution in [2.75, 3.05) is 0 Å². The van der Waals surface area contributed by atoms with E-state index in [4.69, 9.17) is 0 Å². The van der Waals surface area contributed by atoms with Crippen LogP contribution in [-0.2, 0) is 35.0 Å². The molecule has 0 saturated heterocycles. The average Bonchev–Trinajstić information content (AvgIpc) is 3.13. The molecule has 0 unspecified atom stereocenters. The summed E-state index contributed by atoms with van der Waals surface area (Å²) in [5.41, 5.74) is 0.946. The molecule has 0 atom stereocenters. The van der Waals surface area contributed by atoms with Gasteiger partial charge in [0.15, 0.2) is 0 Å². The smallest absolute Gasteiger partial charge is 0.333 e. The van der Waals surface area contributed by atoms with Crippen LogP contribution in [-0.4, -0.2) is 18.0 Å². The first-order valence-corrected chi connectivity index (χ1v) is 10.0. The molecule has 0 fully saturated rings. The fourth-order valence-corrected chi connectivity index (χ4v) is 3.84. The van der Waals surface area contributed by atoms with E-state index in [0.29, 0.717) is 6.54 Å². The van der Waals surface area contributed by atoms with Crippen LogP contribution in [0.2, 0.25) is 0 Å². The fourth-order valence-electron chi connectivity index (χ4n) is 2.73. The highest BCUT2D eigenvalue weighted by Gasteiger charge is 2.30. The van der Waals surface area contributed by atoms with Gasteiger partial charge in [0, 0.05) is 25.5 Å². The van der Waals surface area contributed by atoms with Crippen molar-refractivity contribution in [3.05, 3.63) is 89.5 Å². The molecule has 0 saturated carbocycles. The summed E-state index contributed by atoms with van der Waals surface area (Å²) < 4.78 is 67.2. The predicted octanol–water partition coefficient (Wildman–Crippen LogP) is 3.57. The molecule has 5 nitrogen and oxygen atoms in total. The van der Waals surface area contributed by atoms with Gasteiger partial charge in [0.2, 0.25) is 10.0 Å². The zero-order chi connectivity index (χ0) is 20.2. The lowest BCUT2D eigenvalue weighted by molar-refractivity contribution is -0.137. The van der Waals surface area contributed by atoms with Crippen molar-refractivity contribution in [3.63, 3.8) is 0 Å². The lowest BCUT2D eigenvalue weighted by atomic mass is 10.1. The minimum atomic E-state index is -4.51. The van der Waals surface area contributed by atoms with Gasteiger partial charge in [-0.3, -0.25) is 0 Å². The maximum absolute atomic E-state index is 12.8. The first-order valence-electron chi connectivity index (χ1n) is 8.38. The number of halogens is 3. The van der Waals surface area contributed by atoms with Crippen LogP contribution in [0.25, 0.3) is 0 Å². The molecule has 2 aromatic carbocycles. The van der Waals surface area contributed by atoms with E-state index in [1.165, 1.54) is 12.1 Å². The SMILES string of the molecule is O=S(=O)(Cc1cccc(C(F)(F)F)c1)NCc1cccc(Cn2ccnc2)c1. The van der Waals surface area contributed by atoms with Gasteiger partial charge in [-0.2, -0.15) is 13.2 Å². The standard InChI is InChI=1S/C19H18F3N3O2S/c20-19(21,22)18-6-2-5-17(10-18)13-28(26,27)24-11-15-3-1-4-16(9-15)12-25-8-7-23-14-25/h1-10,14,24H,11-13H2. The van der Waals surface area contributed by atoms with Crippen LogP contribution in [0.5, 0.6) is 0 Å². The second-order valence-corrected chi connectivity index (χ2v) is 8.14. The predicted molar refractivity (Wildman–Crippen MR) is 98.7 cm³/mol. The quantitative estimate of drug-likeness (QED) is 0.649. The molecule has 148 valence electrons. The fraction of sp³-hybridized carbons (Fsp3) is 0.211. The number of aromatic nitrogens is 2. The molecule has 1 N–H and O–H groups in total. The summed E-state index contributed by atoms with van der Waals surface area (Å²) in [6.07, 6.45) is 0.670. The first-order chi connectivity index (χ1) is 13.2. The lowest BCUT2D eigenvalue weighted by Gasteiger charge is -2.11. The topological polar surface area (TPSA) is 64.0 Å². The Morgan fingerprint density at radius 1 is 1.00 bits per heavy atom. The summed E-state index contributed by atoms with van der Waals surface area (Å²) in [6, 6.07) is 11.7. The van der Waals surface area contributed by atoms with Gasteiger partial charge in [0.1, 0.15) is 0 Å². The van der Waals surface area contributed by atoms with Crippen LogP contribution in [0.15, 0.2) is 67.3 Å². The van der Waals surface area contributed by atoms with Crippen LogP contribution in [0, 0.1) is 0 Å². The van der Waals surface area contributed by atoms with Gasteiger partial charge in [-0.05, 0) is 22.8 Å². The molecular formula is C19H18F3N3O2S. The van der Waals surface area contributed by atoms with Gasteiger partial charge in [0.05, 0.1) is 17.6 Å². The Balaban J connectivity index is 1.64. The summed E-state index contributed by atoms with van der Waals surface area (Å²) >= 11 is 0. The number of alkyl halides is 3. The third-order valence-corrected chi connectivity index (χ3v) is 5.32. The van der Waals surface area contributed by atoms with Crippen LogP contribution in [0.3, 0.4) is 0 Å². The van der Waals surface area contributed by atoms with Gasteiger partial charge in [-0.25, -0.2) is 18.1 Å². The zero-order valence-corrected chi connectivity index (χ0v) is 15.5. The summed E-state index contributed by atoms with van der Waals surface area (Å²) in [7, 11) is -3.79. The maximum Gasteiger partial charge on any atom is 0.416 e. The minimum absolute atomic E-state index is 0.0546. The third kappa shape index (κ3) is 5.67. The van der Waals surface area contributed by atoms with E-state index in [-0.39, 0.29) is 12.1 Å². The van der Waals surface area contributed by atoms with Gasteiger partial charge in [-0.1, -0.05) is 42.5 Å². The van der Waals surface area contributed by atoms with E-state index in [9.17, 15) is 21.6 Å². The Morgan fingerprint density at radius 3 is 2.43 bits per heavy atom. The second kappa shape index (κ2) is 8.15. The molecule has 0 aliphatic rings. The summed E-state index contributed by atoms with van der Waals surface area (Å²) in [4.78, 5) is 3.97. The number of rotatable bonds is 7. The lowest BCUT2D eigenvalue weighted by Crippen LogP contribution is -2.25. The number of imidazole rings is 1. The molecule has 0 spiro atoms. The Labute approximate surface area is 160 Å². The minimum Gasteiger partial charge on any atom is -0.333 e. The Morgan fingerprint density at radius 2 is 1.71 bits per heavy atom. The monoisotopic (exact) mass is 409 g/mol. The van der Waals surface area contributed by atoms with Gasteiger partial charge in [0.25, 0.3) is 0 Å². The summed E-state index contributed by atoms with van der Waals surface area (Å²) in [6.45, 7) is 0.657. The van der Waals surface area contributed by atoms with E-state index in [1.54, 1.807) is 18.6 Å². The van der Waals surface area contributed by atoms with E-state index in [0.717, 1.165) is 23.3 Å². The number of benzene rings is 2. The highest BCUT2D eigenvalue weighted by atomic mass is 32.2. The number of nitrogens with one attached hydrogen (secondary N) is 1.